The lowest BCUT2D eigenvalue weighted by Crippen LogP contribution is -2.51. The van der Waals surface area contributed by atoms with E-state index in [4.69, 9.17) is 11.1 Å². The van der Waals surface area contributed by atoms with Crippen molar-refractivity contribution in [3.8, 4) is 6.07 Å². The number of hydrogen-bond acceptors (Lipinski definition) is 4. The Bertz CT molecular complexity index is 263. The summed E-state index contributed by atoms with van der Waals surface area (Å²) in [4.78, 5) is 13.2. The average Bonchev–Trinajstić information content (AvgIpc) is 2.62. The number of nitrogens with zero attached hydrogens (tertiary/aromatic N) is 3. The molecular formula is C8H14N4OS. The average molecular weight is 214 g/mol. The van der Waals surface area contributed by atoms with E-state index in [2.05, 4.69) is 6.07 Å². The van der Waals surface area contributed by atoms with E-state index in [1.54, 1.807) is 11.8 Å². The van der Waals surface area contributed by atoms with Gasteiger partial charge < -0.3 is 0 Å². The standard InChI is InChI=1S/C8H14N4OS/c1-6(2)12(10)8(13)11-5-14-4-7(11)3-9/h6-7H,4-5,10H2,1-2H3. The molecule has 6 heteroatoms. The highest BCUT2D eigenvalue weighted by atomic mass is 32.2. The molecule has 0 aromatic carbocycles. The zero-order chi connectivity index (χ0) is 10.7. The molecule has 78 valence electrons. The molecule has 2 N–H and O–H groups in total. The molecular weight excluding hydrogens is 200 g/mol. The maximum atomic E-state index is 11.7. The Kier molecular flexibility index (Phi) is 3.61. The fourth-order valence-electron chi connectivity index (χ4n) is 1.11. The minimum absolute atomic E-state index is 0.0487. The summed E-state index contributed by atoms with van der Waals surface area (Å²) in [6.07, 6.45) is 0. The van der Waals surface area contributed by atoms with Crippen molar-refractivity contribution in [1.29, 1.82) is 5.26 Å². The molecule has 0 aliphatic carbocycles. The second-order valence-corrected chi connectivity index (χ2v) is 4.40. The fourth-order valence-corrected chi connectivity index (χ4v) is 2.18. The lowest BCUT2D eigenvalue weighted by Gasteiger charge is -2.27. The summed E-state index contributed by atoms with van der Waals surface area (Å²) >= 11 is 1.57. The van der Waals surface area contributed by atoms with Crippen molar-refractivity contribution < 1.29 is 4.79 Å². The van der Waals surface area contributed by atoms with Gasteiger partial charge in [-0.25, -0.2) is 10.6 Å². The van der Waals surface area contributed by atoms with Crippen molar-refractivity contribution in [3.05, 3.63) is 0 Å². The van der Waals surface area contributed by atoms with Crippen LogP contribution in [-0.4, -0.2) is 39.7 Å². The highest BCUT2D eigenvalue weighted by Gasteiger charge is 2.31. The molecule has 0 aromatic heterocycles. The molecule has 5 nitrogen and oxygen atoms in total. The van der Waals surface area contributed by atoms with Crippen LogP contribution in [0.4, 0.5) is 4.79 Å². The zero-order valence-electron chi connectivity index (χ0n) is 8.30. The first-order chi connectivity index (χ1) is 6.57. The predicted octanol–water partition coefficient (Wildman–Crippen LogP) is 0.589. The van der Waals surface area contributed by atoms with Gasteiger partial charge >= 0.3 is 6.03 Å². The second kappa shape index (κ2) is 4.53. The third kappa shape index (κ3) is 2.11. The van der Waals surface area contributed by atoms with Gasteiger partial charge in [0.15, 0.2) is 0 Å². The second-order valence-electron chi connectivity index (χ2n) is 3.40. The van der Waals surface area contributed by atoms with E-state index < -0.39 is 0 Å². The monoisotopic (exact) mass is 214 g/mol. The lowest BCUT2D eigenvalue weighted by atomic mass is 10.3. The first-order valence-corrected chi connectivity index (χ1v) is 5.55. The lowest BCUT2D eigenvalue weighted by molar-refractivity contribution is 0.145. The van der Waals surface area contributed by atoms with E-state index in [-0.39, 0.29) is 18.1 Å². The van der Waals surface area contributed by atoms with E-state index in [1.165, 1.54) is 4.90 Å². The molecule has 0 saturated carbocycles. The number of carbonyl (C=O) groups is 1. The normalized spacial score (nSPS) is 21.1. The maximum Gasteiger partial charge on any atom is 0.336 e. The van der Waals surface area contributed by atoms with E-state index in [0.29, 0.717) is 11.6 Å². The van der Waals surface area contributed by atoms with Crippen LogP contribution in [0.3, 0.4) is 0 Å². The number of amides is 2. The van der Waals surface area contributed by atoms with Crippen LogP contribution in [0.15, 0.2) is 0 Å². The Morgan fingerprint density at radius 1 is 1.79 bits per heavy atom. The number of urea groups is 1. The molecule has 2 amide bonds. The number of nitriles is 1. The summed E-state index contributed by atoms with van der Waals surface area (Å²) < 4.78 is 0. The Morgan fingerprint density at radius 2 is 2.43 bits per heavy atom. The smallest absolute Gasteiger partial charge is 0.297 e. The van der Waals surface area contributed by atoms with Crippen LogP contribution in [0.2, 0.25) is 0 Å². The minimum atomic E-state index is -0.336. The highest BCUT2D eigenvalue weighted by molar-refractivity contribution is 7.99. The number of hydrazine groups is 1. The first kappa shape index (κ1) is 11.1. The first-order valence-electron chi connectivity index (χ1n) is 4.39. The van der Waals surface area contributed by atoms with Crippen LogP contribution in [0, 0.1) is 11.3 Å². The number of nitrogens with two attached hydrogens (primary N) is 1. The fraction of sp³-hybridized carbons (Fsp3) is 0.750. The number of rotatable bonds is 1. The Balaban J connectivity index is 2.65. The SMILES string of the molecule is CC(C)N(N)C(=O)N1CSCC1C#N. The zero-order valence-corrected chi connectivity index (χ0v) is 9.12. The van der Waals surface area contributed by atoms with Crippen molar-refractivity contribution >= 4 is 17.8 Å². The van der Waals surface area contributed by atoms with Gasteiger partial charge in [0.25, 0.3) is 0 Å². The molecule has 1 saturated heterocycles. The maximum absolute atomic E-state index is 11.7. The van der Waals surface area contributed by atoms with Gasteiger partial charge in [-0.05, 0) is 13.8 Å². The van der Waals surface area contributed by atoms with Gasteiger partial charge in [0.05, 0.1) is 11.9 Å². The van der Waals surface area contributed by atoms with Gasteiger partial charge in [-0.15, -0.1) is 11.8 Å². The summed E-state index contributed by atoms with van der Waals surface area (Å²) in [7, 11) is 0. The summed E-state index contributed by atoms with van der Waals surface area (Å²) in [5.74, 6) is 6.81. The predicted molar refractivity (Wildman–Crippen MR) is 55.1 cm³/mol. The molecule has 1 fully saturated rings. The molecule has 0 spiro atoms. The van der Waals surface area contributed by atoms with Crippen molar-refractivity contribution in [2.75, 3.05) is 11.6 Å². The van der Waals surface area contributed by atoms with Crippen LogP contribution >= 0.6 is 11.8 Å². The summed E-state index contributed by atoms with van der Waals surface area (Å²) in [5.41, 5.74) is 0. The van der Waals surface area contributed by atoms with Gasteiger partial charge in [-0.1, -0.05) is 0 Å². The molecule has 1 unspecified atom stereocenters. The summed E-state index contributed by atoms with van der Waals surface area (Å²) in [6, 6.07) is 1.44. The Morgan fingerprint density at radius 3 is 2.93 bits per heavy atom. The van der Waals surface area contributed by atoms with Gasteiger partial charge in [-0.2, -0.15) is 5.26 Å². The topological polar surface area (TPSA) is 73.4 Å². The number of thioether (sulfide) groups is 1. The van der Waals surface area contributed by atoms with Gasteiger partial charge in [-0.3, -0.25) is 9.91 Å². The van der Waals surface area contributed by atoms with E-state index in [1.807, 2.05) is 13.8 Å². The minimum Gasteiger partial charge on any atom is -0.297 e. The Labute approximate surface area is 87.8 Å². The van der Waals surface area contributed by atoms with E-state index >= 15 is 0 Å². The van der Waals surface area contributed by atoms with Crippen LogP contribution in [-0.2, 0) is 0 Å². The molecule has 1 heterocycles. The van der Waals surface area contributed by atoms with Gasteiger partial charge in [0.2, 0.25) is 0 Å². The number of carbonyl (C=O) groups excluding carboxylic acids is 1. The molecule has 0 radical (unpaired) electrons. The van der Waals surface area contributed by atoms with E-state index in [0.717, 1.165) is 5.01 Å². The third-order valence-electron chi connectivity index (χ3n) is 2.05. The molecule has 0 bridgehead atoms. The molecule has 0 aromatic rings. The van der Waals surface area contributed by atoms with Crippen molar-refractivity contribution in [3.63, 3.8) is 0 Å². The molecule has 14 heavy (non-hydrogen) atoms. The van der Waals surface area contributed by atoms with Crippen LogP contribution in [0.1, 0.15) is 13.8 Å². The molecule has 1 aliphatic rings. The van der Waals surface area contributed by atoms with Crippen molar-refractivity contribution in [1.82, 2.24) is 9.91 Å². The summed E-state index contributed by atoms with van der Waals surface area (Å²) in [5, 5.41) is 9.95. The Hall–Kier alpha value is -0.930. The molecule has 1 rings (SSSR count). The summed E-state index contributed by atoms with van der Waals surface area (Å²) in [6.45, 7) is 3.67. The highest BCUT2D eigenvalue weighted by Crippen LogP contribution is 2.21. The molecule has 1 aliphatic heterocycles. The van der Waals surface area contributed by atoms with Gasteiger partial charge in [0.1, 0.15) is 6.04 Å². The largest absolute Gasteiger partial charge is 0.336 e. The van der Waals surface area contributed by atoms with E-state index in [9.17, 15) is 4.79 Å². The van der Waals surface area contributed by atoms with Crippen molar-refractivity contribution in [2.24, 2.45) is 5.84 Å². The number of hydrogen-bond donors (Lipinski definition) is 1. The molecule has 1 atom stereocenters. The van der Waals surface area contributed by atoms with Crippen molar-refractivity contribution in [2.45, 2.75) is 25.9 Å². The van der Waals surface area contributed by atoms with Gasteiger partial charge in [0, 0.05) is 11.8 Å². The van der Waals surface area contributed by atoms with Crippen LogP contribution < -0.4 is 5.84 Å². The van der Waals surface area contributed by atoms with Crippen LogP contribution in [0.5, 0.6) is 0 Å². The van der Waals surface area contributed by atoms with Crippen LogP contribution in [0.25, 0.3) is 0 Å². The quantitative estimate of drug-likeness (QED) is 0.394. The third-order valence-corrected chi connectivity index (χ3v) is 3.07.